The second-order valence-corrected chi connectivity index (χ2v) is 6.08. The number of pyridine rings is 1. The van der Waals surface area contributed by atoms with Crippen LogP contribution in [0.25, 0.3) is 0 Å². The van der Waals surface area contributed by atoms with Crippen molar-refractivity contribution < 1.29 is 0 Å². The second kappa shape index (κ2) is 5.98. The summed E-state index contributed by atoms with van der Waals surface area (Å²) < 4.78 is 0. The van der Waals surface area contributed by atoms with E-state index < -0.39 is 0 Å². The van der Waals surface area contributed by atoms with Crippen molar-refractivity contribution in [3.05, 3.63) is 65.5 Å². The van der Waals surface area contributed by atoms with Gasteiger partial charge in [-0.15, -0.1) is 0 Å². The summed E-state index contributed by atoms with van der Waals surface area (Å²) in [6.07, 6.45) is 6.61. The molecule has 21 heavy (non-hydrogen) atoms. The molecule has 1 atom stereocenters. The third kappa shape index (κ3) is 2.86. The van der Waals surface area contributed by atoms with E-state index in [-0.39, 0.29) is 0 Å². The molecule has 1 N–H and O–H groups in total. The Labute approximate surface area is 127 Å². The standard InChI is InChI=1S/C19H24N2/c1-3-15-9-10-17(21-14-15)13-18(20-2)19(11-12-19)16-7-5-4-6-8-16/h4-10,14,18,20H,3,11-13H2,1-2H3. The number of aryl methyl sites for hydroxylation is 1. The molecule has 1 aromatic heterocycles. The van der Waals surface area contributed by atoms with Gasteiger partial charge in [0.25, 0.3) is 0 Å². The first-order valence-corrected chi connectivity index (χ1v) is 7.95. The van der Waals surface area contributed by atoms with Gasteiger partial charge in [0.2, 0.25) is 0 Å². The van der Waals surface area contributed by atoms with Gasteiger partial charge in [-0.1, -0.05) is 43.3 Å². The van der Waals surface area contributed by atoms with Crippen LogP contribution in [-0.4, -0.2) is 18.1 Å². The van der Waals surface area contributed by atoms with Crippen molar-refractivity contribution in [3.8, 4) is 0 Å². The molecule has 3 rings (SSSR count). The predicted molar refractivity (Wildman–Crippen MR) is 87.5 cm³/mol. The summed E-state index contributed by atoms with van der Waals surface area (Å²) in [5, 5.41) is 3.54. The maximum Gasteiger partial charge on any atom is 0.0419 e. The van der Waals surface area contributed by atoms with E-state index in [9.17, 15) is 0 Å². The molecule has 110 valence electrons. The van der Waals surface area contributed by atoms with Crippen molar-refractivity contribution >= 4 is 0 Å². The fourth-order valence-corrected chi connectivity index (χ4v) is 3.31. The van der Waals surface area contributed by atoms with Crippen LogP contribution < -0.4 is 5.32 Å². The van der Waals surface area contributed by atoms with Gasteiger partial charge >= 0.3 is 0 Å². The summed E-state index contributed by atoms with van der Waals surface area (Å²) in [6, 6.07) is 15.8. The summed E-state index contributed by atoms with van der Waals surface area (Å²) >= 11 is 0. The highest BCUT2D eigenvalue weighted by Gasteiger charge is 2.49. The number of nitrogens with one attached hydrogen (secondary N) is 1. The molecular formula is C19H24N2. The van der Waals surface area contributed by atoms with Crippen molar-refractivity contribution in [3.63, 3.8) is 0 Å². The smallest absolute Gasteiger partial charge is 0.0419 e. The number of rotatable bonds is 6. The number of benzene rings is 1. The van der Waals surface area contributed by atoms with Gasteiger partial charge in [0.1, 0.15) is 0 Å². The Morgan fingerprint density at radius 2 is 1.90 bits per heavy atom. The maximum absolute atomic E-state index is 4.63. The highest BCUT2D eigenvalue weighted by atomic mass is 14.9. The number of likely N-dealkylation sites (N-methyl/N-ethyl adjacent to an activating group) is 1. The molecule has 0 aliphatic heterocycles. The Morgan fingerprint density at radius 1 is 1.14 bits per heavy atom. The van der Waals surface area contributed by atoms with E-state index in [1.54, 1.807) is 0 Å². The molecule has 1 aliphatic rings. The van der Waals surface area contributed by atoms with E-state index in [1.165, 1.54) is 29.7 Å². The summed E-state index contributed by atoms with van der Waals surface area (Å²) in [6.45, 7) is 2.17. The lowest BCUT2D eigenvalue weighted by Gasteiger charge is -2.27. The third-order valence-corrected chi connectivity index (χ3v) is 4.86. The normalized spacial score (nSPS) is 17.4. The third-order valence-electron chi connectivity index (χ3n) is 4.86. The molecule has 1 unspecified atom stereocenters. The first-order chi connectivity index (χ1) is 10.3. The van der Waals surface area contributed by atoms with Gasteiger partial charge in [0.15, 0.2) is 0 Å². The van der Waals surface area contributed by atoms with E-state index in [0.717, 1.165) is 12.8 Å². The Morgan fingerprint density at radius 3 is 2.43 bits per heavy atom. The molecule has 1 aliphatic carbocycles. The Bertz CT molecular complexity index is 570. The summed E-state index contributed by atoms with van der Waals surface area (Å²) in [5.74, 6) is 0. The average Bonchev–Trinajstić information content (AvgIpc) is 3.36. The van der Waals surface area contributed by atoms with E-state index in [2.05, 4.69) is 66.7 Å². The minimum absolute atomic E-state index is 0.307. The lowest BCUT2D eigenvalue weighted by atomic mass is 9.85. The molecule has 0 spiro atoms. The quantitative estimate of drug-likeness (QED) is 0.876. The lowest BCUT2D eigenvalue weighted by Crippen LogP contribution is -2.39. The van der Waals surface area contributed by atoms with Crippen molar-refractivity contribution in [2.45, 2.75) is 44.1 Å². The first-order valence-electron chi connectivity index (χ1n) is 7.95. The van der Waals surface area contributed by atoms with Crippen molar-refractivity contribution in [1.82, 2.24) is 10.3 Å². The van der Waals surface area contributed by atoms with E-state index in [0.29, 0.717) is 11.5 Å². The molecular weight excluding hydrogens is 256 g/mol. The van der Waals surface area contributed by atoms with Crippen molar-refractivity contribution in [2.75, 3.05) is 7.05 Å². The number of hydrogen-bond donors (Lipinski definition) is 1. The minimum atomic E-state index is 0.307. The predicted octanol–water partition coefficient (Wildman–Crippen LogP) is 3.51. The van der Waals surface area contributed by atoms with Crippen molar-refractivity contribution in [2.24, 2.45) is 0 Å². The molecule has 2 nitrogen and oxygen atoms in total. The van der Waals surface area contributed by atoms with Crippen LogP contribution in [0.15, 0.2) is 48.7 Å². The Balaban J connectivity index is 1.79. The summed E-state index contributed by atoms with van der Waals surface area (Å²) in [4.78, 5) is 4.63. The average molecular weight is 280 g/mol. The maximum atomic E-state index is 4.63. The molecule has 0 bridgehead atoms. The molecule has 0 saturated heterocycles. The second-order valence-electron chi connectivity index (χ2n) is 6.08. The molecule has 0 radical (unpaired) electrons. The SMILES string of the molecule is CCc1ccc(CC(NC)C2(c3ccccc3)CC2)nc1. The molecule has 1 saturated carbocycles. The van der Waals surface area contributed by atoms with Gasteiger partial charge in [-0.2, -0.15) is 0 Å². The Kier molecular flexibility index (Phi) is 4.07. The minimum Gasteiger partial charge on any atom is -0.316 e. The van der Waals surface area contributed by atoms with Crippen LogP contribution in [0.3, 0.4) is 0 Å². The molecule has 2 aromatic rings. The number of aromatic nitrogens is 1. The monoisotopic (exact) mass is 280 g/mol. The van der Waals surface area contributed by atoms with Crippen LogP contribution in [0.2, 0.25) is 0 Å². The summed E-state index contributed by atoms with van der Waals surface area (Å²) in [5.41, 5.74) is 4.27. The first kappa shape index (κ1) is 14.3. The highest BCUT2D eigenvalue weighted by molar-refractivity contribution is 5.34. The molecule has 1 heterocycles. The zero-order valence-corrected chi connectivity index (χ0v) is 13.0. The Hall–Kier alpha value is -1.67. The van der Waals surface area contributed by atoms with E-state index in [1.807, 2.05) is 6.20 Å². The molecule has 1 aromatic carbocycles. The molecule has 2 heteroatoms. The summed E-state index contributed by atoms with van der Waals surface area (Å²) in [7, 11) is 2.08. The number of nitrogens with zero attached hydrogens (tertiary/aromatic N) is 1. The van der Waals surface area contributed by atoms with Gasteiger partial charge in [0.05, 0.1) is 0 Å². The fourth-order valence-electron chi connectivity index (χ4n) is 3.31. The largest absolute Gasteiger partial charge is 0.316 e. The van der Waals surface area contributed by atoms with Gasteiger partial charge in [-0.05, 0) is 43.5 Å². The zero-order chi connectivity index (χ0) is 14.7. The van der Waals surface area contributed by atoms with Gasteiger partial charge < -0.3 is 5.32 Å². The topological polar surface area (TPSA) is 24.9 Å². The van der Waals surface area contributed by atoms with Crippen LogP contribution in [-0.2, 0) is 18.3 Å². The van der Waals surface area contributed by atoms with E-state index in [4.69, 9.17) is 0 Å². The van der Waals surface area contributed by atoms with Crippen LogP contribution in [0.4, 0.5) is 0 Å². The van der Waals surface area contributed by atoms with Gasteiger partial charge in [-0.25, -0.2) is 0 Å². The van der Waals surface area contributed by atoms with E-state index >= 15 is 0 Å². The molecule has 1 fully saturated rings. The van der Waals surface area contributed by atoms with Crippen LogP contribution in [0.5, 0.6) is 0 Å². The highest BCUT2D eigenvalue weighted by Crippen LogP contribution is 2.51. The zero-order valence-electron chi connectivity index (χ0n) is 13.0. The van der Waals surface area contributed by atoms with Crippen LogP contribution in [0, 0.1) is 0 Å². The van der Waals surface area contributed by atoms with Crippen LogP contribution >= 0.6 is 0 Å². The lowest BCUT2D eigenvalue weighted by molar-refractivity contribution is 0.439. The van der Waals surface area contributed by atoms with Crippen molar-refractivity contribution in [1.29, 1.82) is 0 Å². The fraction of sp³-hybridized carbons (Fsp3) is 0.421. The van der Waals surface area contributed by atoms with Gasteiger partial charge in [0, 0.05) is 29.8 Å². The number of hydrogen-bond acceptors (Lipinski definition) is 2. The molecule has 0 amide bonds. The van der Waals surface area contributed by atoms with Crippen LogP contribution in [0.1, 0.15) is 36.6 Å². The van der Waals surface area contributed by atoms with Gasteiger partial charge in [-0.3, -0.25) is 4.98 Å².